The summed E-state index contributed by atoms with van der Waals surface area (Å²) in [7, 11) is 1.25. The summed E-state index contributed by atoms with van der Waals surface area (Å²) in [6.07, 6.45) is 0. The van der Waals surface area contributed by atoms with Crippen molar-refractivity contribution in [3.05, 3.63) is 129 Å². The van der Waals surface area contributed by atoms with Gasteiger partial charge in [-0.3, -0.25) is 0 Å². The van der Waals surface area contributed by atoms with E-state index >= 15 is 0 Å². The second kappa shape index (κ2) is 14.1. The average molecular weight is 676 g/mol. The number of hydrogen-bond donors (Lipinski definition) is 0. The van der Waals surface area contributed by atoms with E-state index < -0.39 is 0 Å². The first-order valence-electron chi connectivity index (χ1n) is 10.6. The van der Waals surface area contributed by atoms with Crippen LogP contribution in [-0.2, 0) is 10.9 Å². The molecule has 0 aliphatic heterocycles. The molecule has 0 amide bonds. The summed E-state index contributed by atoms with van der Waals surface area (Å²) in [6.45, 7) is 4.02. The van der Waals surface area contributed by atoms with Crippen LogP contribution in [0.25, 0.3) is 0 Å². The van der Waals surface area contributed by atoms with Gasteiger partial charge in [-0.1, -0.05) is 96.0 Å². The topological polar surface area (TPSA) is 24.7 Å². The predicted molar refractivity (Wildman–Crippen MR) is 156 cm³/mol. The predicted octanol–water partition coefficient (Wildman–Crippen LogP) is 10.2. The molecule has 0 atom stereocenters. The summed E-state index contributed by atoms with van der Waals surface area (Å²) in [5.74, 6) is 0. The quantitative estimate of drug-likeness (QED) is 0.149. The molecule has 0 aromatic heterocycles. The summed E-state index contributed by atoms with van der Waals surface area (Å²) in [5.41, 5.74) is 6.87. The van der Waals surface area contributed by atoms with Crippen LogP contribution in [0.15, 0.2) is 107 Å². The van der Waals surface area contributed by atoms with Crippen molar-refractivity contribution < 1.29 is 10.9 Å². The van der Waals surface area contributed by atoms with Gasteiger partial charge in [0.05, 0.1) is 32.8 Å². The Bertz CT molecular complexity index is 1220. The third-order valence-electron chi connectivity index (χ3n) is 4.99. The molecule has 0 fully saturated rings. The summed E-state index contributed by atoms with van der Waals surface area (Å²) < 4.78 is 0. The Morgan fingerprint density at radius 3 is 1.26 bits per heavy atom. The molecule has 0 bridgehead atoms. The zero-order chi connectivity index (χ0) is 25.2. The van der Waals surface area contributed by atoms with Gasteiger partial charge >= 0.3 is 39.3 Å². The minimum absolute atomic E-state index is 0.596. The number of aliphatic imine (C=N–C) groups is 2. The Hall–Kier alpha value is -1.75. The Labute approximate surface area is 236 Å². The third kappa shape index (κ3) is 8.13. The van der Waals surface area contributed by atoms with E-state index in [4.69, 9.17) is 33.2 Å². The second-order valence-corrected chi connectivity index (χ2v) is 13.4. The van der Waals surface area contributed by atoms with Crippen molar-refractivity contribution in [1.29, 1.82) is 0 Å². The summed E-state index contributed by atoms with van der Waals surface area (Å²) >= 11 is 19.1. The monoisotopic (exact) mass is 672 g/mol. The first-order valence-corrected chi connectivity index (χ1v) is 16.2. The fraction of sp³-hybridized carbons (Fsp3) is 0.0714. The molecule has 0 unspecified atom stereocenters. The molecule has 2 nitrogen and oxygen atoms in total. The van der Waals surface area contributed by atoms with E-state index in [1.807, 2.05) is 111 Å². The standard InChI is InChI=1S/C28H22Cl2N2.2BrH.Ni/c1-19-13-15-25(23(29)17-19)31-27(21-9-5-3-6-10-21)28(22-11-7-4-8-12-22)32-26-16-14-20(2)18-24(26)30;;;/h3-18H,1-2H3;2*1H;/q;;;+2/p-2. The van der Waals surface area contributed by atoms with Crippen molar-refractivity contribution in [2.24, 2.45) is 9.98 Å². The van der Waals surface area contributed by atoms with Crippen molar-refractivity contribution in [2.45, 2.75) is 13.8 Å². The van der Waals surface area contributed by atoms with Crippen LogP contribution in [0, 0.1) is 13.8 Å². The molecule has 4 rings (SSSR count). The molecule has 0 N–H and O–H groups in total. The van der Waals surface area contributed by atoms with Gasteiger partial charge in [0, 0.05) is 11.1 Å². The number of aryl methyl sites for hydroxylation is 2. The van der Waals surface area contributed by atoms with Crippen molar-refractivity contribution in [3.63, 3.8) is 0 Å². The molecule has 7 heteroatoms. The zero-order valence-electron chi connectivity index (χ0n) is 19.0. The van der Waals surface area contributed by atoms with E-state index in [0.717, 1.165) is 33.7 Å². The first kappa shape index (κ1) is 27.8. The van der Waals surface area contributed by atoms with Crippen LogP contribution in [0.3, 0.4) is 0 Å². The van der Waals surface area contributed by atoms with Gasteiger partial charge in [-0.25, -0.2) is 9.98 Å². The van der Waals surface area contributed by atoms with Crippen LogP contribution in [0.4, 0.5) is 11.4 Å². The molecule has 35 heavy (non-hydrogen) atoms. The Morgan fingerprint density at radius 1 is 0.600 bits per heavy atom. The Morgan fingerprint density at radius 2 is 0.943 bits per heavy atom. The van der Waals surface area contributed by atoms with E-state index in [1.165, 1.54) is 10.9 Å². The number of benzene rings is 4. The van der Waals surface area contributed by atoms with Crippen LogP contribution < -0.4 is 0 Å². The first-order chi connectivity index (χ1) is 16.9. The Kier molecular flexibility index (Phi) is 11.2. The van der Waals surface area contributed by atoms with Crippen molar-refractivity contribution in [1.82, 2.24) is 0 Å². The van der Waals surface area contributed by atoms with Crippen LogP contribution in [0.1, 0.15) is 22.3 Å². The van der Waals surface area contributed by atoms with Crippen LogP contribution in [-0.4, -0.2) is 11.4 Å². The molecule has 0 spiro atoms. The number of halogens is 4. The molecule has 4 aromatic carbocycles. The van der Waals surface area contributed by atoms with Gasteiger partial charge < -0.3 is 0 Å². The van der Waals surface area contributed by atoms with E-state index in [2.05, 4.69) is 28.5 Å². The molecule has 0 aliphatic rings. The van der Waals surface area contributed by atoms with Gasteiger partial charge in [0.2, 0.25) is 0 Å². The van der Waals surface area contributed by atoms with E-state index in [9.17, 15) is 0 Å². The minimum atomic E-state index is 0.596. The van der Waals surface area contributed by atoms with Crippen molar-refractivity contribution >= 4 is 74.5 Å². The van der Waals surface area contributed by atoms with Gasteiger partial charge in [0.1, 0.15) is 0 Å². The van der Waals surface area contributed by atoms with Crippen LogP contribution in [0.5, 0.6) is 0 Å². The third-order valence-corrected chi connectivity index (χ3v) is 5.60. The summed E-state index contributed by atoms with van der Waals surface area (Å²) in [4.78, 5) is 10.0. The van der Waals surface area contributed by atoms with Crippen LogP contribution in [0.2, 0.25) is 10.0 Å². The van der Waals surface area contributed by atoms with E-state index in [-0.39, 0.29) is 0 Å². The summed E-state index contributed by atoms with van der Waals surface area (Å²) in [5, 5.41) is 1.19. The summed E-state index contributed by atoms with van der Waals surface area (Å²) in [6, 6.07) is 31.7. The normalized spacial score (nSPS) is 11.7. The number of nitrogens with zero attached hydrogens (tertiary/aromatic N) is 2. The molecular formula is C28H22Br2Cl2N2Ni. The maximum atomic E-state index is 6.55. The Balaban J connectivity index is 0.00000108. The fourth-order valence-corrected chi connectivity index (χ4v) is 3.90. The van der Waals surface area contributed by atoms with E-state index in [1.54, 1.807) is 0 Å². The molecule has 0 heterocycles. The SMILES string of the molecule is Cc1ccc(N=C(C(=Nc2ccc(C)cc2Cl)c2ccccc2)c2ccccc2)c(Cl)c1.[Br][Ni][Br]. The van der Waals surface area contributed by atoms with Crippen molar-refractivity contribution in [2.75, 3.05) is 0 Å². The van der Waals surface area contributed by atoms with Crippen LogP contribution >= 0.6 is 51.7 Å². The fourth-order valence-electron chi connectivity index (χ4n) is 3.35. The van der Waals surface area contributed by atoms with Gasteiger partial charge in [-0.05, 0) is 49.2 Å². The molecule has 182 valence electrons. The molecule has 0 saturated heterocycles. The molecular weight excluding hydrogens is 654 g/mol. The zero-order valence-corrected chi connectivity index (χ0v) is 24.6. The number of hydrogen-bond acceptors (Lipinski definition) is 2. The maximum absolute atomic E-state index is 6.55. The van der Waals surface area contributed by atoms with Gasteiger partial charge in [-0.2, -0.15) is 0 Å². The molecule has 0 saturated carbocycles. The van der Waals surface area contributed by atoms with Gasteiger partial charge in [0.25, 0.3) is 0 Å². The second-order valence-electron chi connectivity index (χ2n) is 7.61. The molecule has 0 radical (unpaired) electrons. The number of rotatable bonds is 5. The van der Waals surface area contributed by atoms with E-state index in [0.29, 0.717) is 21.4 Å². The van der Waals surface area contributed by atoms with Gasteiger partial charge in [0.15, 0.2) is 0 Å². The average Bonchev–Trinajstić information content (AvgIpc) is 2.85. The van der Waals surface area contributed by atoms with Crippen molar-refractivity contribution in [3.8, 4) is 0 Å². The molecule has 0 aliphatic carbocycles. The molecule has 4 aromatic rings. The van der Waals surface area contributed by atoms with Gasteiger partial charge in [-0.15, -0.1) is 0 Å².